The highest BCUT2D eigenvalue weighted by molar-refractivity contribution is 6.11. The molecule has 0 saturated carbocycles. The highest BCUT2D eigenvalue weighted by Crippen LogP contribution is 2.31. The molecule has 0 saturated heterocycles. The maximum atomic E-state index is 13.2. The van der Waals surface area contributed by atoms with E-state index in [2.05, 4.69) is 36.2 Å². The van der Waals surface area contributed by atoms with E-state index >= 15 is 0 Å². The van der Waals surface area contributed by atoms with Crippen LogP contribution in [0, 0.1) is 0 Å². The van der Waals surface area contributed by atoms with Gasteiger partial charge in [0.2, 0.25) is 0 Å². The van der Waals surface area contributed by atoms with Crippen molar-refractivity contribution >= 4 is 39.6 Å². The number of para-hydroxylation sites is 2. The third kappa shape index (κ3) is 3.75. The summed E-state index contributed by atoms with van der Waals surface area (Å²) in [5, 5.41) is 3.02. The monoisotopic (exact) mass is 430 g/mol. The zero-order valence-electron chi connectivity index (χ0n) is 19.1. The van der Waals surface area contributed by atoms with Gasteiger partial charge in [0.15, 0.2) is 5.65 Å². The van der Waals surface area contributed by atoms with Crippen molar-refractivity contribution in [2.24, 2.45) is 0 Å². The number of fused-ring (bicyclic) bond motifs is 2. The first-order valence-electron chi connectivity index (χ1n) is 11.2. The van der Waals surface area contributed by atoms with Gasteiger partial charge in [0.05, 0.1) is 11.0 Å². The van der Waals surface area contributed by atoms with E-state index in [1.165, 1.54) is 0 Å². The molecule has 7 heteroatoms. The predicted octanol–water partition coefficient (Wildman–Crippen LogP) is 4.53. The average Bonchev–Trinajstić information content (AvgIpc) is 3.09. The Morgan fingerprint density at radius 2 is 1.66 bits per heavy atom. The normalized spacial score (nSPS) is 12.2. The lowest BCUT2D eigenvalue weighted by molar-refractivity contribution is 0.0941. The van der Waals surface area contributed by atoms with Crippen molar-refractivity contribution in [2.75, 3.05) is 23.7 Å². The van der Waals surface area contributed by atoms with Crippen molar-refractivity contribution in [3.05, 3.63) is 54.1 Å². The van der Waals surface area contributed by atoms with Gasteiger partial charge in [0, 0.05) is 30.5 Å². The second kappa shape index (κ2) is 8.86. The first-order valence-corrected chi connectivity index (χ1v) is 11.2. The largest absolute Gasteiger partial charge is 0.384 e. The van der Waals surface area contributed by atoms with Crippen LogP contribution in [0.2, 0.25) is 0 Å². The second-order valence-corrected chi connectivity index (χ2v) is 7.95. The number of aromatic nitrogens is 3. The minimum Gasteiger partial charge on any atom is -0.384 e. The predicted molar refractivity (Wildman–Crippen MR) is 132 cm³/mol. The van der Waals surface area contributed by atoms with Crippen molar-refractivity contribution in [1.29, 1.82) is 0 Å². The summed E-state index contributed by atoms with van der Waals surface area (Å²) in [7, 11) is 0. The van der Waals surface area contributed by atoms with E-state index in [1.54, 1.807) is 0 Å². The molecule has 0 fully saturated rings. The highest BCUT2D eigenvalue weighted by atomic mass is 16.1. The van der Waals surface area contributed by atoms with Crippen LogP contribution in [0.1, 0.15) is 44.5 Å². The molecule has 166 valence electrons. The van der Waals surface area contributed by atoms with Crippen LogP contribution in [-0.2, 0) is 0 Å². The molecule has 2 aromatic heterocycles. The second-order valence-electron chi connectivity index (χ2n) is 7.95. The van der Waals surface area contributed by atoms with Crippen LogP contribution in [0.25, 0.3) is 27.9 Å². The van der Waals surface area contributed by atoms with Crippen molar-refractivity contribution < 1.29 is 4.79 Å². The lowest BCUT2D eigenvalue weighted by atomic mass is 10.2. The lowest BCUT2D eigenvalue weighted by Gasteiger charge is -2.21. The molecule has 0 aliphatic rings. The molecule has 0 spiro atoms. The topological polar surface area (TPSA) is 89.1 Å². The molecule has 2 aromatic carbocycles. The van der Waals surface area contributed by atoms with Crippen molar-refractivity contribution in [2.45, 2.75) is 40.2 Å². The van der Waals surface area contributed by atoms with E-state index in [0.29, 0.717) is 22.5 Å². The van der Waals surface area contributed by atoms with E-state index in [4.69, 9.17) is 15.7 Å². The van der Waals surface area contributed by atoms with Gasteiger partial charge in [0.1, 0.15) is 16.9 Å². The summed E-state index contributed by atoms with van der Waals surface area (Å²) in [5.74, 6) is 0.108. The Morgan fingerprint density at radius 3 is 2.25 bits per heavy atom. The van der Waals surface area contributed by atoms with E-state index in [1.807, 2.05) is 54.8 Å². The molecule has 32 heavy (non-hydrogen) atoms. The number of nitrogens with one attached hydrogen (secondary N) is 1. The van der Waals surface area contributed by atoms with Gasteiger partial charge in [-0.05, 0) is 63.6 Å². The number of carbonyl (C=O) groups excluding carboxylic acids is 1. The summed E-state index contributed by atoms with van der Waals surface area (Å²) in [6.45, 7) is 10.1. The van der Waals surface area contributed by atoms with Gasteiger partial charge in [-0.2, -0.15) is 0 Å². The average molecular weight is 431 g/mol. The maximum absolute atomic E-state index is 13.2. The van der Waals surface area contributed by atoms with Gasteiger partial charge in [0.25, 0.3) is 5.91 Å². The standard InChI is InChI=1S/C25H30N6O/c1-5-16(4)27-25(32)21-22-24(29-20-11-9-8-10-19(20)28-22)31(23(21)26)18-14-12-17(13-15-18)30(6-2)7-3/h8-16H,5-7,26H2,1-4H3,(H,27,32). The Bertz CT molecular complexity index is 1260. The minimum atomic E-state index is -0.232. The summed E-state index contributed by atoms with van der Waals surface area (Å²) >= 11 is 0. The van der Waals surface area contributed by atoms with Gasteiger partial charge < -0.3 is 16.0 Å². The number of benzene rings is 2. The first-order chi connectivity index (χ1) is 15.5. The van der Waals surface area contributed by atoms with Gasteiger partial charge in [-0.3, -0.25) is 9.36 Å². The SMILES string of the molecule is CCC(C)NC(=O)c1c(N)n(-c2ccc(N(CC)CC)cc2)c2nc3ccccc3nc12. The number of nitrogen functional groups attached to an aromatic ring is 1. The maximum Gasteiger partial charge on any atom is 0.257 e. The zero-order valence-corrected chi connectivity index (χ0v) is 19.1. The fourth-order valence-corrected chi connectivity index (χ4v) is 3.95. The van der Waals surface area contributed by atoms with Gasteiger partial charge in [-0.15, -0.1) is 0 Å². The quantitative estimate of drug-likeness (QED) is 0.450. The van der Waals surface area contributed by atoms with Gasteiger partial charge in [-0.1, -0.05) is 19.1 Å². The molecule has 4 rings (SSSR count). The van der Waals surface area contributed by atoms with E-state index in [0.717, 1.165) is 41.9 Å². The lowest BCUT2D eigenvalue weighted by Crippen LogP contribution is -2.32. The van der Waals surface area contributed by atoms with Crippen molar-refractivity contribution in [1.82, 2.24) is 19.9 Å². The number of amides is 1. The van der Waals surface area contributed by atoms with Crippen LogP contribution in [0.4, 0.5) is 11.5 Å². The number of hydrogen-bond acceptors (Lipinski definition) is 5. The Balaban J connectivity index is 1.92. The Hall–Kier alpha value is -3.61. The van der Waals surface area contributed by atoms with E-state index in [-0.39, 0.29) is 11.9 Å². The number of hydrogen-bond donors (Lipinski definition) is 2. The van der Waals surface area contributed by atoms with Crippen molar-refractivity contribution in [3.8, 4) is 5.69 Å². The van der Waals surface area contributed by atoms with Crippen LogP contribution >= 0.6 is 0 Å². The number of anilines is 2. The molecule has 0 aliphatic heterocycles. The summed E-state index contributed by atoms with van der Waals surface area (Å²) in [6, 6.07) is 15.8. The number of nitrogens with two attached hydrogens (primary N) is 1. The van der Waals surface area contributed by atoms with Crippen LogP contribution in [0.5, 0.6) is 0 Å². The molecule has 1 atom stereocenters. The first kappa shape index (κ1) is 21.6. The molecule has 0 bridgehead atoms. The smallest absolute Gasteiger partial charge is 0.257 e. The van der Waals surface area contributed by atoms with Crippen LogP contribution in [0.15, 0.2) is 48.5 Å². The molecular formula is C25H30N6O. The molecule has 1 amide bonds. The third-order valence-corrected chi connectivity index (χ3v) is 5.95. The zero-order chi connectivity index (χ0) is 22.8. The Kier molecular flexibility index (Phi) is 5.99. The Morgan fingerprint density at radius 1 is 1.03 bits per heavy atom. The third-order valence-electron chi connectivity index (χ3n) is 5.95. The van der Waals surface area contributed by atoms with Gasteiger partial charge in [-0.25, -0.2) is 9.97 Å². The Labute approximate surface area is 188 Å². The number of carbonyl (C=O) groups is 1. The summed E-state index contributed by atoms with van der Waals surface area (Å²) in [5.41, 5.74) is 11.5. The van der Waals surface area contributed by atoms with Crippen LogP contribution < -0.4 is 16.0 Å². The van der Waals surface area contributed by atoms with E-state index < -0.39 is 0 Å². The summed E-state index contributed by atoms with van der Waals surface area (Å²) < 4.78 is 1.83. The molecule has 0 radical (unpaired) electrons. The molecule has 3 N–H and O–H groups in total. The summed E-state index contributed by atoms with van der Waals surface area (Å²) in [6.07, 6.45) is 0.825. The minimum absolute atomic E-state index is 0.0297. The molecular weight excluding hydrogens is 400 g/mol. The molecule has 0 aliphatic carbocycles. The molecule has 2 heterocycles. The summed E-state index contributed by atoms with van der Waals surface area (Å²) in [4.78, 5) is 25.1. The fraction of sp³-hybridized carbons (Fsp3) is 0.320. The molecule has 1 unspecified atom stereocenters. The molecule has 7 nitrogen and oxygen atoms in total. The van der Waals surface area contributed by atoms with Crippen molar-refractivity contribution in [3.63, 3.8) is 0 Å². The van der Waals surface area contributed by atoms with E-state index in [9.17, 15) is 4.79 Å². The number of nitrogens with zero attached hydrogens (tertiary/aromatic N) is 4. The highest BCUT2D eigenvalue weighted by Gasteiger charge is 2.25. The van der Waals surface area contributed by atoms with Crippen LogP contribution in [0.3, 0.4) is 0 Å². The molecule has 4 aromatic rings. The van der Waals surface area contributed by atoms with Gasteiger partial charge >= 0.3 is 0 Å². The number of rotatable bonds is 7. The fourth-order valence-electron chi connectivity index (χ4n) is 3.95. The van der Waals surface area contributed by atoms with Crippen LogP contribution in [-0.4, -0.2) is 39.6 Å².